The first-order chi connectivity index (χ1) is 10.1. The molecule has 0 aromatic heterocycles. The molecule has 6 heteroatoms. The van der Waals surface area contributed by atoms with Crippen LogP contribution in [0.4, 0.5) is 5.69 Å². The Morgan fingerprint density at radius 2 is 2.05 bits per heavy atom. The lowest BCUT2D eigenvalue weighted by molar-refractivity contribution is -0.141. The molecule has 0 bridgehead atoms. The Morgan fingerprint density at radius 1 is 1.24 bits per heavy atom. The maximum atomic E-state index is 11.7. The third-order valence-corrected chi connectivity index (χ3v) is 3.36. The summed E-state index contributed by atoms with van der Waals surface area (Å²) in [6.45, 7) is 5.10. The summed E-state index contributed by atoms with van der Waals surface area (Å²) in [6.07, 6.45) is 0. The van der Waals surface area contributed by atoms with Crippen molar-refractivity contribution in [3.8, 4) is 0 Å². The third-order valence-electron chi connectivity index (χ3n) is 2.45. The normalized spacial score (nSPS) is 10.2. The van der Waals surface area contributed by atoms with Crippen molar-refractivity contribution in [2.24, 2.45) is 0 Å². The second kappa shape index (κ2) is 10.2. The van der Waals surface area contributed by atoms with E-state index in [9.17, 15) is 9.59 Å². The average molecular weight is 311 g/mol. The van der Waals surface area contributed by atoms with Crippen LogP contribution in [0, 0.1) is 6.92 Å². The van der Waals surface area contributed by atoms with Crippen LogP contribution in [0.25, 0.3) is 0 Å². The van der Waals surface area contributed by atoms with Gasteiger partial charge in [0.15, 0.2) is 0 Å². The van der Waals surface area contributed by atoms with E-state index in [0.717, 1.165) is 11.3 Å². The Kier molecular flexibility index (Phi) is 8.54. The number of nitrogens with one attached hydrogen (secondary N) is 1. The van der Waals surface area contributed by atoms with E-state index >= 15 is 0 Å². The van der Waals surface area contributed by atoms with E-state index in [4.69, 9.17) is 9.47 Å². The first-order valence-electron chi connectivity index (χ1n) is 6.79. The Bertz CT molecular complexity index is 465. The molecule has 0 heterocycles. The van der Waals surface area contributed by atoms with Crippen LogP contribution in [0.1, 0.15) is 12.5 Å². The predicted octanol–water partition coefficient (Wildman–Crippen LogP) is 2.25. The van der Waals surface area contributed by atoms with Gasteiger partial charge in [-0.05, 0) is 31.5 Å². The van der Waals surface area contributed by atoms with Crippen molar-refractivity contribution in [1.29, 1.82) is 0 Å². The van der Waals surface area contributed by atoms with E-state index in [1.807, 2.05) is 38.1 Å². The van der Waals surface area contributed by atoms with Crippen LogP contribution in [0.5, 0.6) is 0 Å². The first kappa shape index (κ1) is 17.5. The minimum atomic E-state index is -0.331. The molecule has 0 aliphatic heterocycles. The van der Waals surface area contributed by atoms with Gasteiger partial charge >= 0.3 is 5.97 Å². The second-order valence-corrected chi connectivity index (χ2v) is 5.31. The topological polar surface area (TPSA) is 64.6 Å². The first-order valence-corrected chi connectivity index (χ1v) is 7.95. The molecule has 0 aliphatic rings. The number of hydrogen-bond donors (Lipinski definition) is 1. The summed E-state index contributed by atoms with van der Waals surface area (Å²) in [5.74, 6) is -0.0854. The van der Waals surface area contributed by atoms with E-state index in [1.165, 1.54) is 11.8 Å². The Balaban J connectivity index is 2.14. The Morgan fingerprint density at radius 3 is 2.76 bits per heavy atom. The van der Waals surface area contributed by atoms with Gasteiger partial charge in [0.25, 0.3) is 0 Å². The monoisotopic (exact) mass is 311 g/mol. The lowest BCUT2D eigenvalue weighted by Gasteiger charge is -2.06. The van der Waals surface area contributed by atoms with Crippen LogP contribution in [-0.2, 0) is 19.1 Å². The largest absolute Gasteiger partial charge is 0.463 e. The molecule has 1 amide bonds. The molecule has 0 saturated heterocycles. The van der Waals surface area contributed by atoms with E-state index in [-0.39, 0.29) is 30.0 Å². The van der Waals surface area contributed by atoms with Crippen molar-refractivity contribution < 1.29 is 19.1 Å². The smallest absolute Gasteiger partial charge is 0.315 e. The van der Waals surface area contributed by atoms with Crippen molar-refractivity contribution in [3.63, 3.8) is 0 Å². The quantitative estimate of drug-likeness (QED) is 0.560. The van der Waals surface area contributed by atoms with Crippen LogP contribution >= 0.6 is 11.8 Å². The van der Waals surface area contributed by atoms with E-state index in [2.05, 4.69) is 5.32 Å². The minimum absolute atomic E-state index is 0.132. The van der Waals surface area contributed by atoms with Crippen LogP contribution in [0.3, 0.4) is 0 Å². The lowest BCUT2D eigenvalue weighted by atomic mass is 10.2. The fraction of sp³-hybridized carbons (Fsp3) is 0.467. The molecule has 0 fully saturated rings. The van der Waals surface area contributed by atoms with Crippen molar-refractivity contribution in [2.75, 3.05) is 36.6 Å². The molecule has 1 rings (SSSR count). The number of hydrogen-bond acceptors (Lipinski definition) is 5. The third kappa shape index (κ3) is 8.37. The molecule has 5 nitrogen and oxygen atoms in total. The molecule has 0 atom stereocenters. The van der Waals surface area contributed by atoms with Gasteiger partial charge < -0.3 is 14.8 Å². The van der Waals surface area contributed by atoms with E-state index in [0.29, 0.717) is 13.2 Å². The predicted molar refractivity (Wildman–Crippen MR) is 84.6 cm³/mol. The molecule has 116 valence electrons. The Labute approximate surface area is 129 Å². The average Bonchev–Trinajstić information content (AvgIpc) is 2.43. The van der Waals surface area contributed by atoms with Gasteiger partial charge in [-0.1, -0.05) is 12.1 Å². The summed E-state index contributed by atoms with van der Waals surface area (Å²) in [4.78, 5) is 23.1. The molecular weight excluding hydrogens is 290 g/mol. The fourth-order valence-electron chi connectivity index (χ4n) is 1.55. The van der Waals surface area contributed by atoms with E-state index < -0.39 is 0 Å². The zero-order valence-corrected chi connectivity index (χ0v) is 13.2. The summed E-state index contributed by atoms with van der Waals surface area (Å²) in [7, 11) is 0. The molecule has 21 heavy (non-hydrogen) atoms. The standard InChI is InChI=1S/C15H21NO4S/c1-3-19-7-8-20-15(18)11-21-10-14(17)16-13-6-4-5-12(2)9-13/h4-6,9H,3,7-8,10-11H2,1-2H3,(H,16,17). The van der Waals surface area contributed by atoms with Crippen LogP contribution in [-0.4, -0.2) is 43.2 Å². The molecule has 1 aromatic carbocycles. The number of benzene rings is 1. The summed E-state index contributed by atoms with van der Waals surface area (Å²) >= 11 is 1.23. The highest BCUT2D eigenvalue weighted by Crippen LogP contribution is 2.10. The number of esters is 1. The highest BCUT2D eigenvalue weighted by molar-refractivity contribution is 8.00. The van der Waals surface area contributed by atoms with E-state index in [1.54, 1.807) is 0 Å². The van der Waals surface area contributed by atoms with Gasteiger partial charge in [0.2, 0.25) is 5.91 Å². The molecule has 0 saturated carbocycles. The molecule has 0 unspecified atom stereocenters. The maximum absolute atomic E-state index is 11.7. The Hall–Kier alpha value is -1.53. The number of thioether (sulfide) groups is 1. The fourth-order valence-corrected chi connectivity index (χ4v) is 2.16. The SMILES string of the molecule is CCOCCOC(=O)CSCC(=O)Nc1cccc(C)c1. The number of amides is 1. The maximum Gasteiger partial charge on any atom is 0.315 e. The highest BCUT2D eigenvalue weighted by atomic mass is 32.2. The van der Waals surface area contributed by atoms with Gasteiger partial charge in [0, 0.05) is 12.3 Å². The van der Waals surface area contributed by atoms with Crippen LogP contribution < -0.4 is 5.32 Å². The van der Waals surface area contributed by atoms with Gasteiger partial charge in [-0.15, -0.1) is 11.8 Å². The lowest BCUT2D eigenvalue weighted by Crippen LogP contribution is -2.17. The second-order valence-electron chi connectivity index (χ2n) is 4.33. The van der Waals surface area contributed by atoms with Gasteiger partial charge in [-0.25, -0.2) is 0 Å². The zero-order valence-electron chi connectivity index (χ0n) is 12.4. The number of rotatable bonds is 9. The van der Waals surface area contributed by atoms with Gasteiger partial charge in [0.1, 0.15) is 6.61 Å². The van der Waals surface area contributed by atoms with Crippen LogP contribution in [0.2, 0.25) is 0 Å². The molecule has 1 aromatic rings. The van der Waals surface area contributed by atoms with Gasteiger partial charge in [-0.3, -0.25) is 9.59 Å². The summed E-state index contributed by atoms with van der Waals surface area (Å²) in [6, 6.07) is 7.57. The summed E-state index contributed by atoms with van der Waals surface area (Å²) in [5.41, 5.74) is 1.85. The molecule has 0 radical (unpaired) electrons. The minimum Gasteiger partial charge on any atom is -0.463 e. The number of carbonyl (C=O) groups is 2. The number of carbonyl (C=O) groups excluding carboxylic acids is 2. The van der Waals surface area contributed by atoms with Gasteiger partial charge in [-0.2, -0.15) is 0 Å². The van der Waals surface area contributed by atoms with Crippen molar-refractivity contribution in [2.45, 2.75) is 13.8 Å². The van der Waals surface area contributed by atoms with Gasteiger partial charge in [0.05, 0.1) is 18.1 Å². The molecule has 0 spiro atoms. The number of aryl methyl sites for hydroxylation is 1. The van der Waals surface area contributed by atoms with Crippen molar-refractivity contribution in [3.05, 3.63) is 29.8 Å². The zero-order chi connectivity index (χ0) is 15.5. The van der Waals surface area contributed by atoms with Crippen molar-refractivity contribution >= 4 is 29.3 Å². The molecule has 0 aliphatic carbocycles. The molecule has 1 N–H and O–H groups in total. The summed E-state index contributed by atoms with van der Waals surface area (Å²) < 4.78 is 10.00. The van der Waals surface area contributed by atoms with Crippen LogP contribution in [0.15, 0.2) is 24.3 Å². The summed E-state index contributed by atoms with van der Waals surface area (Å²) in [5, 5.41) is 2.78. The van der Waals surface area contributed by atoms with Crippen molar-refractivity contribution in [1.82, 2.24) is 0 Å². The highest BCUT2D eigenvalue weighted by Gasteiger charge is 2.07. The molecular formula is C15H21NO4S. The number of ether oxygens (including phenoxy) is 2. The number of anilines is 1.